The van der Waals surface area contributed by atoms with Crippen molar-refractivity contribution in [2.75, 3.05) is 26.2 Å². The normalized spacial score (nSPS) is 25.8. The van der Waals surface area contributed by atoms with Gasteiger partial charge in [-0.05, 0) is 39.2 Å². The number of nitrogens with zero attached hydrogens (tertiary/aromatic N) is 1. The van der Waals surface area contributed by atoms with Crippen LogP contribution in [0.1, 0.15) is 33.6 Å². The quantitative estimate of drug-likeness (QED) is 0.754. The lowest BCUT2D eigenvalue weighted by atomic mass is 10.0. The number of piperidine rings is 1. The van der Waals surface area contributed by atoms with Gasteiger partial charge in [0.25, 0.3) is 0 Å². The Bertz CT molecular complexity index is 173. The molecule has 0 aromatic heterocycles. The number of hydrogen-bond acceptors (Lipinski definition) is 3. The zero-order valence-corrected chi connectivity index (χ0v) is 10.3. The summed E-state index contributed by atoms with van der Waals surface area (Å²) < 4.78 is 5.40. The van der Waals surface area contributed by atoms with Crippen LogP contribution < -0.4 is 0 Å². The molecular weight excluding hydrogens is 190 g/mol. The number of hydrogen-bond donors (Lipinski definition) is 1. The summed E-state index contributed by atoms with van der Waals surface area (Å²) in [6.45, 7) is 9.75. The Balaban J connectivity index is 2.16. The Morgan fingerprint density at radius 1 is 1.47 bits per heavy atom. The average molecular weight is 215 g/mol. The summed E-state index contributed by atoms with van der Waals surface area (Å²) in [7, 11) is 0. The topological polar surface area (TPSA) is 32.7 Å². The van der Waals surface area contributed by atoms with E-state index in [1.807, 2.05) is 13.8 Å². The minimum Gasteiger partial charge on any atom is -0.389 e. The smallest absolute Gasteiger partial charge is 0.0900 e. The standard InChI is InChI=1S/C12H25NO2/c1-10(2)15-9-12(14)8-13-6-4-5-11(3)7-13/h10-12,14H,4-9H2,1-3H3. The van der Waals surface area contributed by atoms with E-state index in [1.165, 1.54) is 12.8 Å². The molecule has 90 valence electrons. The molecule has 1 aliphatic heterocycles. The molecule has 1 aliphatic rings. The van der Waals surface area contributed by atoms with Gasteiger partial charge in [0.2, 0.25) is 0 Å². The monoisotopic (exact) mass is 215 g/mol. The summed E-state index contributed by atoms with van der Waals surface area (Å²) in [6, 6.07) is 0. The fourth-order valence-corrected chi connectivity index (χ4v) is 2.11. The van der Waals surface area contributed by atoms with Crippen LogP contribution in [0.4, 0.5) is 0 Å². The first-order valence-corrected chi connectivity index (χ1v) is 6.10. The maximum absolute atomic E-state index is 9.77. The van der Waals surface area contributed by atoms with Crippen molar-refractivity contribution in [1.29, 1.82) is 0 Å². The highest BCUT2D eigenvalue weighted by molar-refractivity contribution is 4.72. The van der Waals surface area contributed by atoms with E-state index in [2.05, 4.69) is 11.8 Å². The number of rotatable bonds is 5. The molecule has 0 bridgehead atoms. The van der Waals surface area contributed by atoms with Gasteiger partial charge in [-0.15, -0.1) is 0 Å². The Morgan fingerprint density at radius 2 is 2.20 bits per heavy atom. The molecule has 15 heavy (non-hydrogen) atoms. The van der Waals surface area contributed by atoms with Crippen LogP contribution in [0.2, 0.25) is 0 Å². The molecule has 0 aromatic rings. The summed E-state index contributed by atoms with van der Waals surface area (Å²) in [5.41, 5.74) is 0. The maximum Gasteiger partial charge on any atom is 0.0900 e. The van der Waals surface area contributed by atoms with E-state index in [-0.39, 0.29) is 12.2 Å². The van der Waals surface area contributed by atoms with Crippen LogP contribution in [0.5, 0.6) is 0 Å². The summed E-state index contributed by atoms with van der Waals surface area (Å²) in [5.74, 6) is 0.775. The van der Waals surface area contributed by atoms with Crippen LogP contribution in [-0.4, -0.2) is 48.5 Å². The number of ether oxygens (including phenoxy) is 1. The fraction of sp³-hybridized carbons (Fsp3) is 1.00. The number of aliphatic hydroxyl groups is 1. The molecule has 1 rings (SSSR count). The van der Waals surface area contributed by atoms with E-state index < -0.39 is 0 Å². The molecule has 0 saturated carbocycles. The van der Waals surface area contributed by atoms with Crippen molar-refractivity contribution in [2.24, 2.45) is 5.92 Å². The Hall–Kier alpha value is -0.120. The van der Waals surface area contributed by atoms with Crippen LogP contribution in [0.25, 0.3) is 0 Å². The third-order valence-corrected chi connectivity index (χ3v) is 2.83. The summed E-state index contributed by atoms with van der Waals surface area (Å²) >= 11 is 0. The van der Waals surface area contributed by atoms with Crippen LogP contribution in [-0.2, 0) is 4.74 Å². The van der Waals surface area contributed by atoms with Crippen LogP contribution >= 0.6 is 0 Å². The predicted molar refractivity (Wildman–Crippen MR) is 61.9 cm³/mol. The zero-order valence-electron chi connectivity index (χ0n) is 10.3. The molecule has 1 fully saturated rings. The van der Waals surface area contributed by atoms with Gasteiger partial charge < -0.3 is 14.7 Å². The van der Waals surface area contributed by atoms with Crippen LogP contribution in [0, 0.1) is 5.92 Å². The second-order valence-electron chi connectivity index (χ2n) is 5.04. The highest BCUT2D eigenvalue weighted by Crippen LogP contribution is 2.15. The largest absolute Gasteiger partial charge is 0.389 e. The lowest BCUT2D eigenvalue weighted by Gasteiger charge is -2.32. The summed E-state index contributed by atoms with van der Waals surface area (Å²) in [5, 5.41) is 9.77. The van der Waals surface area contributed by atoms with Crippen molar-refractivity contribution in [3.8, 4) is 0 Å². The van der Waals surface area contributed by atoms with E-state index in [4.69, 9.17) is 4.74 Å². The van der Waals surface area contributed by atoms with Gasteiger partial charge in [0, 0.05) is 13.1 Å². The van der Waals surface area contributed by atoms with Gasteiger partial charge in [0.1, 0.15) is 0 Å². The van der Waals surface area contributed by atoms with Gasteiger partial charge >= 0.3 is 0 Å². The van der Waals surface area contributed by atoms with E-state index in [1.54, 1.807) is 0 Å². The molecule has 2 unspecified atom stereocenters. The first-order valence-electron chi connectivity index (χ1n) is 6.10. The van der Waals surface area contributed by atoms with Crippen LogP contribution in [0.15, 0.2) is 0 Å². The number of likely N-dealkylation sites (tertiary alicyclic amines) is 1. The zero-order chi connectivity index (χ0) is 11.3. The summed E-state index contributed by atoms with van der Waals surface area (Å²) in [4.78, 5) is 2.35. The fourth-order valence-electron chi connectivity index (χ4n) is 2.11. The van der Waals surface area contributed by atoms with Gasteiger partial charge in [-0.1, -0.05) is 6.92 Å². The Labute approximate surface area is 93.4 Å². The molecule has 1 N–H and O–H groups in total. The summed E-state index contributed by atoms with van der Waals surface area (Å²) in [6.07, 6.45) is 2.46. The van der Waals surface area contributed by atoms with Crippen molar-refractivity contribution in [3.63, 3.8) is 0 Å². The lowest BCUT2D eigenvalue weighted by Crippen LogP contribution is -2.41. The predicted octanol–water partition coefficient (Wildman–Crippen LogP) is 1.50. The van der Waals surface area contributed by atoms with Gasteiger partial charge in [-0.25, -0.2) is 0 Å². The average Bonchev–Trinajstić information content (AvgIpc) is 2.15. The first kappa shape index (κ1) is 12.9. The minimum atomic E-state index is -0.335. The minimum absolute atomic E-state index is 0.208. The molecule has 0 aromatic carbocycles. The first-order chi connectivity index (χ1) is 7.08. The highest BCUT2D eigenvalue weighted by Gasteiger charge is 2.18. The molecule has 1 saturated heterocycles. The van der Waals surface area contributed by atoms with Crippen LogP contribution in [0.3, 0.4) is 0 Å². The second-order valence-corrected chi connectivity index (χ2v) is 5.04. The Kier molecular flexibility index (Phi) is 5.58. The van der Waals surface area contributed by atoms with Crippen molar-refractivity contribution in [2.45, 2.75) is 45.8 Å². The van der Waals surface area contributed by atoms with E-state index in [0.717, 1.165) is 25.6 Å². The molecule has 1 heterocycles. The molecule has 0 amide bonds. The third kappa shape index (κ3) is 5.50. The molecule has 3 heteroatoms. The highest BCUT2D eigenvalue weighted by atomic mass is 16.5. The molecule has 3 nitrogen and oxygen atoms in total. The molecule has 2 atom stereocenters. The van der Waals surface area contributed by atoms with E-state index in [9.17, 15) is 5.11 Å². The number of aliphatic hydroxyl groups excluding tert-OH is 1. The van der Waals surface area contributed by atoms with Gasteiger partial charge in [-0.3, -0.25) is 0 Å². The third-order valence-electron chi connectivity index (χ3n) is 2.83. The van der Waals surface area contributed by atoms with Gasteiger partial charge in [0.05, 0.1) is 18.8 Å². The molecule has 0 spiro atoms. The lowest BCUT2D eigenvalue weighted by molar-refractivity contribution is -0.0130. The molecule has 0 radical (unpaired) electrons. The van der Waals surface area contributed by atoms with Crippen molar-refractivity contribution >= 4 is 0 Å². The van der Waals surface area contributed by atoms with Crippen molar-refractivity contribution < 1.29 is 9.84 Å². The Morgan fingerprint density at radius 3 is 2.80 bits per heavy atom. The van der Waals surface area contributed by atoms with E-state index in [0.29, 0.717) is 6.61 Å². The van der Waals surface area contributed by atoms with Gasteiger partial charge in [-0.2, -0.15) is 0 Å². The number of β-amino-alcohol motifs (C(OH)–C–C–N with tert-alkyl or cyclic N) is 1. The van der Waals surface area contributed by atoms with Crippen molar-refractivity contribution in [1.82, 2.24) is 4.90 Å². The van der Waals surface area contributed by atoms with Gasteiger partial charge in [0.15, 0.2) is 0 Å². The SMILES string of the molecule is CC1CCCN(CC(O)COC(C)C)C1. The van der Waals surface area contributed by atoms with Crippen molar-refractivity contribution in [3.05, 3.63) is 0 Å². The second kappa shape index (κ2) is 6.46. The molecule has 0 aliphatic carbocycles. The van der Waals surface area contributed by atoms with E-state index >= 15 is 0 Å². The maximum atomic E-state index is 9.77. The molecular formula is C12H25NO2.